The number of hydrogen-bond donors (Lipinski definition) is 1. The lowest BCUT2D eigenvalue weighted by molar-refractivity contribution is -0.118. The van der Waals surface area contributed by atoms with Gasteiger partial charge in [0, 0.05) is 44.7 Å². The third-order valence-electron chi connectivity index (χ3n) is 5.99. The van der Waals surface area contributed by atoms with Crippen LogP contribution in [0.4, 0.5) is 15.8 Å². The molecule has 2 saturated heterocycles. The number of amides is 3. The summed E-state index contributed by atoms with van der Waals surface area (Å²) in [5.74, 6) is -0.676. The number of anilines is 2. The summed E-state index contributed by atoms with van der Waals surface area (Å²) >= 11 is 0. The van der Waals surface area contributed by atoms with Crippen molar-refractivity contribution in [3.63, 3.8) is 0 Å². The number of carbonyl (C=O) groups is 3. The molecule has 2 aromatic rings. The number of halogens is 1. The molecule has 2 aliphatic heterocycles. The highest BCUT2D eigenvalue weighted by molar-refractivity contribution is 6.02. The maximum atomic E-state index is 13.8. The monoisotopic (exact) mass is 438 g/mol. The van der Waals surface area contributed by atoms with E-state index in [1.165, 1.54) is 6.07 Å². The minimum atomic E-state index is -0.387. The predicted molar refractivity (Wildman–Crippen MR) is 120 cm³/mol. The molecular formula is C24H27FN4O3. The van der Waals surface area contributed by atoms with Crippen molar-refractivity contribution in [1.29, 1.82) is 0 Å². The van der Waals surface area contributed by atoms with E-state index in [-0.39, 0.29) is 30.1 Å². The van der Waals surface area contributed by atoms with Crippen molar-refractivity contribution in [3.8, 4) is 0 Å². The van der Waals surface area contributed by atoms with Gasteiger partial charge in [0.2, 0.25) is 11.8 Å². The summed E-state index contributed by atoms with van der Waals surface area (Å²) in [4.78, 5) is 42.8. The van der Waals surface area contributed by atoms with Crippen LogP contribution in [0.1, 0.15) is 28.8 Å². The highest BCUT2D eigenvalue weighted by Crippen LogP contribution is 2.29. The van der Waals surface area contributed by atoms with Crippen molar-refractivity contribution in [2.75, 3.05) is 49.5 Å². The average molecular weight is 439 g/mol. The van der Waals surface area contributed by atoms with Crippen LogP contribution in [0.3, 0.4) is 0 Å². The van der Waals surface area contributed by atoms with Gasteiger partial charge in [-0.05, 0) is 43.2 Å². The minimum absolute atomic E-state index is 0.0703. The number of hydrogen-bond acceptors (Lipinski definition) is 4. The van der Waals surface area contributed by atoms with E-state index in [2.05, 4.69) is 5.32 Å². The molecule has 0 unspecified atom stereocenters. The van der Waals surface area contributed by atoms with Gasteiger partial charge in [-0.2, -0.15) is 0 Å². The Morgan fingerprint density at radius 1 is 1.03 bits per heavy atom. The van der Waals surface area contributed by atoms with Gasteiger partial charge < -0.3 is 15.1 Å². The number of carbonyl (C=O) groups excluding carboxylic acids is 3. The Balaban J connectivity index is 1.31. The van der Waals surface area contributed by atoms with Crippen LogP contribution in [0.25, 0.3) is 0 Å². The second kappa shape index (κ2) is 9.48. The van der Waals surface area contributed by atoms with Gasteiger partial charge in [0.05, 0.1) is 17.9 Å². The van der Waals surface area contributed by atoms with Gasteiger partial charge in [-0.3, -0.25) is 19.3 Å². The van der Waals surface area contributed by atoms with Gasteiger partial charge in [0.25, 0.3) is 5.91 Å². The van der Waals surface area contributed by atoms with E-state index in [0.717, 1.165) is 12.1 Å². The third-order valence-corrected chi connectivity index (χ3v) is 5.99. The van der Waals surface area contributed by atoms with E-state index >= 15 is 0 Å². The number of nitrogens with one attached hydrogen (secondary N) is 1. The molecule has 4 rings (SSSR count). The SMILES string of the molecule is Cc1ccc(C(=O)N2CCN(CC(=O)Nc3ccccc3N3CCCC3=O)CC2)cc1F. The normalized spacial score (nSPS) is 17.0. The second-order valence-electron chi connectivity index (χ2n) is 8.25. The fourth-order valence-corrected chi connectivity index (χ4v) is 4.13. The lowest BCUT2D eigenvalue weighted by Gasteiger charge is -2.34. The molecule has 2 aliphatic rings. The van der Waals surface area contributed by atoms with Crippen molar-refractivity contribution in [1.82, 2.24) is 9.80 Å². The van der Waals surface area contributed by atoms with Crippen LogP contribution in [0, 0.1) is 12.7 Å². The van der Waals surface area contributed by atoms with E-state index in [0.29, 0.717) is 56.0 Å². The molecule has 0 aromatic heterocycles. The first kappa shape index (κ1) is 22.0. The minimum Gasteiger partial charge on any atom is -0.336 e. The van der Waals surface area contributed by atoms with Crippen molar-refractivity contribution >= 4 is 29.1 Å². The van der Waals surface area contributed by atoms with Crippen molar-refractivity contribution in [3.05, 3.63) is 59.4 Å². The predicted octanol–water partition coefficient (Wildman–Crippen LogP) is 2.66. The van der Waals surface area contributed by atoms with Crippen molar-refractivity contribution in [2.45, 2.75) is 19.8 Å². The third kappa shape index (κ3) is 4.80. The van der Waals surface area contributed by atoms with E-state index < -0.39 is 0 Å². The van der Waals surface area contributed by atoms with Gasteiger partial charge >= 0.3 is 0 Å². The first-order valence-corrected chi connectivity index (χ1v) is 10.9. The summed E-state index contributed by atoms with van der Waals surface area (Å²) in [5.41, 5.74) is 2.20. The molecule has 0 spiro atoms. The summed E-state index contributed by atoms with van der Waals surface area (Å²) in [6.07, 6.45) is 1.35. The zero-order valence-electron chi connectivity index (χ0n) is 18.1. The standard InChI is InChI=1S/C24H27FN4O3/c1-17-8-9-18(15-19(17)25)24(32)28-13-11-27(12-14-28)16-22(30)26-20-5-2-3-6-21(20)29-10-4-7-23(29)31/h2-3,5-6,8-9,15H,4,7,10-14,16H2,1H3,(H,26,30). The Hall–Kier alpha value is -3.26. The smallest absolute Gasteiger partial charge is 0.254 e. The fraction of sp³-hybridized carbons (Fsp3) is 0.375. The highest BCUT2D eigenvalue weighted by atomic mass is 19.1. The van der Waals surface area contributed by atoms with Gasteiger partial charge in [-0.1, -0.05) is 18.2 Å². The molecule has 0 radical (unpaired) electrons. The molecule has 3 amide bonds. The summed E-state index contributed by atoms with van der Waals surface area (Å²) < 4.78 is 13.8. The van der Waals surface area contributed by atoms with Crippen LogP contribution in [0.15, 0.2) is 42.5 Å². The Labute approximate surface area is 186 Å². The summed E-state index contributed by atoms with van der Waals surface area (Å²) in [6, 6.07) is 11.9. The number of rotatable bonds is 5. The molecule has 0 atom stereocenters. The van der Waals surface area contributed by atoms with Gasteiger partial charge in [-0.25, -0.2) is 4.39 Å². The number of aryl methyl sites for hydroxylation is 1. The van der Waals surface area contributed by atoms with Gasteiger partial charge in [0.1, 0.15) is 5.82 Å². The molecule has 1 N–H and O–H groups in total. The molecule has 2 heterocycles. The van der Waals surface area contributed by atoms with E-state index in [9.17, 15) is 18.8 Å². The zero-order chi connectivity index (χ0) is 22.7. The van der Waals surface area contributed by atoms with Crippen LogP contribution >= 0.6 is 0 Å². The Morgan fingerprint density at radius 2 is 1.78 bits per heavy atom. The number of benzene rings is 2. The van der Waals surface area contributed by atoms with Gasteiger partial charge in [-0.15, -0.1) is 0 Å². The average Bonchev–Trinajstić information content (AvgIpc) is 3.21. The largest absolute Gasteiger partial charge is 0.336 e. The van der Waals surface area contributed by atoms with Crippen LogP contribution in [-0.2, 0) is 9.59 Å². The maximum absolute atomic E-state index is 13.8. The molecule has 0 bridgehead atoms. The molecule has 8 heteroatoms. The molecular weight excluding hydrogens is 411 g/mol. The summed E-state index contributed by atoms with van der Waals surface area (Å²) in [7, 11) is 0. The van der Waals surface area contributed by atoms with Gasteiger partial charge in [0.15, 0.2) is 0 Å². The Kier molecular flexibility index (Phi) is 6.50. The van der Waals surface area contributed by atoms with E-state index in [1.807, 2.05) is 23.1 Å². The van der Waals surface area contributed by atoms with Crippen LogP contribution in [-0.4, -0.2) is 66.8 Å². The quantitative estimate of drug-likeness (QED) is 0.779. The second-order valence-corrected chi connectivity index (χ2v) is 8.25. The van der Waals surface area contributed by atoms with E-state index in [4.69, 9.17) is 0 Å². The molecule has 2 aromatic carbocycles. The molecule has 168 valence electrons. The molecule has 7 nitrogen and oxygen atoms in total. The number of piperazine rings is 1. The zero-order valence-corrected chi connectivity index (χ0v) is 18.1. The maximum Gasteiger partial charge on any atom is 0.254 e. The molecule has 32 heavy (non-hydrogen) atoms. The van der Waals surface area contributed by atoms with Crippen LogP contribution in [0.5, 0.6) is 0 Å². The van der Waals surface area contributed by atoms with Crippen molar-refractivity contribution in [2.24, 2.45) is 0 Å². The first-order chi connectivity index (χ1) is 15.4. The Morgan fingerprint density at radius 3 is 2.47 bits per heavy atom. The Bertz CT molecular complexity index is 1030. The topological polar surface area (TPSA) is 73.0 Å². The van der Waals surface area contributed by atoms with Crippen LogP contribution in [0.2, 0.25) is 0 Å². The lowest BCUT2D eigenvalue weighted by Crippen LogP contribution is -2.50. The van der Waals surface area contributed by atoms with E-state index in [1.54, 1.807) is 34.9 Å². The molecule has 0 saturated carbocycles. The first-order valence-electron chi connectivity index (χ1n) is 10.9. The summed E-state index contributed by atoms with van der Waals surface area (Å²) in [5, 5.41) is 2.93. The van der Waals surface area contributed by atoms with Crippen LogP contribution < -0.4 is 10.2 Å². The van der Waals surface area contributed by atoms with Crippen molar-refractivity contribution < 1.29 is 18.8 Å². The summed E-state index contributed by atoms with van der Waals surface area (Å²) in [6.45, 7) is 4.57. The molecule has 0 aliphatic carbocycles. The fourth-order valence-electron chi connectivity index (χ4n) is 4.13. The number of nitrogens with zero attached hydrogens (tertiary/aromatic N) is 3. The molecule has 2 fully saturated rings. The lowest BCUT2D eigenvalue weighted by atomic mass is 10.1. The number of para-hydroxylation sites is 2. The highest BCUT2D eigenvalue weighted by Gasteiger charge is 2.26.